The van der Waals surface area contributed by atoms with Crippen molar-refractivity contribution in [2.45, 2.75) is 118 Å². The second-order valence-electron chi connectivity index (χ2n) is 12.8. The lowest BCUT2D eigenvalue weighted by atomic mass is 9.47. The van der Waals surface area contributed by atoms with Crippen LogP contribution in [0.1, 0.15) is 112 Å². The molecule has 0 spiro atoms. The predicted octanol–water partition coefficient (Wildman–Crippen LogP) is 7.96. The van der Waals surface area contributed by atoms with E-state index in [-0.39, 0.29) is 12.1 Å². The summed E-state index contributed by atoms with van der Waals surface area (Å²) in [5, 5.41) is 0. The Morgan fingerprint density at radius 1 is 1.06 bits per heavy atom. The summed E-state index contributed by atoms with van der Waals surface area (Å²) < 4.78 is 5.61. The molecule has 3 fully saturated rings. The highest BCUT2D eigenvalue weighted by atomic mass is 16.5. The highest BCUT2D eigenvalue weighted by Gasteiger charge is 2.59. The topological polar surface area (TPSA) is 26.3 Å². The predicted molar refractivity (Wildman–Crippen MR) is 129 cm³/mol. The van der Waals surface area contributed by atoms with Gasteiger partial charge in [-0.05, 0) is 91.3 Å². The Labute approximate surface area is 192 Å². The van der Waals surface area contributed by atoms with Gasteiger partial charge >= 0.3 is 5.97 Å². The Bertz CT molecular complexity index is 693. The minimum absolute atomic E-state index is 0.115. The third-order valence-corrected chi connectivity index (χ3v) is 10.6. The van der Waals surface area contributed by atoms with Gasteiger partial charge in [-0.3, -0.25) is 4.79 Å². The molecule has 0 radical (unpaired) electrons. The van der Waals surface area contributed by atoms with Crippen LogP contribution in [0.2, 0.25) is 0 Å². The van der Waals surface area contributed by atoms with E-state index in [1.165, 1.54) is 57.8 Å². The first kappa shape index (κ1) is 23.4. The summed E-state index contributed by atoms with van der Waals surface area (Å²) >= 11 is 0. The minimum atomic E-state index is -0.115. The second-order valence-corrected chi connectivity index (χ2v) is 12.8. The lowest BCUT2D eigenvalue weighted by Crippen LogP contribution is -2.51. The van der Waals surface area contributed by atoms with Crippen molar-refractivity contribution < 1.29 is 9.53 Å². The zero-order valence-electron chi connectivity index (χ0n) is 21.2. The number of fused-ring (bicyclic) bond motifs is 5. The largest absolute Gasteiger partial charge is 0.462 e. The number of hydrogen-bond acceptors (Lipinski definition) is 2. The van der Waals surface area contributed by atoms with E-state index in [1.54, 1.807) is 12.5 Å². The van der Waals surface area contributed by atoms with Crippen molar-refractivity contribution in [2.24, 2.45) is 46.3 Å². The standard InChI is InChI=1S/C29H48O2/c1-19(2)8-7-9-20(3)25-12-13-26-24-11-10-22-18-23(31-21(4)30)14-16-28(22,5)27(24)15-17-29(25,26)6/h10,19-20,23-27H,7-9,11-18H2,1-6H3/t20-,23-,24+,25-,26-,27+,28+,29-/m1/s1. The summed E-state index contributed by atoms with van der Waals surface area (Å²) in [6.07, 6.45) is 17.2. The zero-order chi connectivity index (χ0) is 22.4. The molecule has 3 saturated carbocycles. The summed E-state index contributed by atoms with van der Waals surface area (Å²) in [5.74, 6) is 5.19. The Balaban J connectivity index is 1.47. The van der Waals surface area contributed by atoms with Crippen molar-refractivity contribution in [3.05, 3.63) is 11.6 Å². The molecule has 0 bridgehead atoms. The molecule has 176 valence electrons. The molecule has 0 aromatic heterocycles. The van der Waals surface area contributed by atoms with E-state index < -0.39 is 0 Å². The first-order valence-corrected chi connectivity index (χ1v) is 13.5. The number of hydrogen-bond donors (Lipinski definition) is 0. The maximum absolute atomic E-state index is 11.5. The average molecular weight is 429 g/mol. The van der Waals surface area contributed by atoms with Crippen LogP contribution >= 0.6 is 0 Å². The molecule has 0 heterocycles. The van der Waals surface area contributed by atoms with Gasteiger partial charge in [0.25, 0.3) is 0 Å². The van der Waals surface area contributed by atoms with E-state index in [4.69, 9.17) is 4.74 Å². The van der Waals surface area contributed by atoms with Crippen molar-refractivity contribution in [3.63, 3.8) is 0 Å². The number of ether oxygens (including phenoxy) is 1. The fraction of sp³-hybridized carbons (Fsp3) is 0.897. The number of esters is 1. The fourth-order valence-corrected chi connectivity index (χ4v) is 8.99. The van der Waals surface area contributed by atoms with E-state index in [9.17, 15) is 4.79 Å². The van der Waals surface area contributed by atoms with Gasteiger partial charge in [-0.25, -0.2) is 0 Å². The highest BCUT2D eigenvalue weighted by Crippen LogP contribution is 2.67. The molecule has 4 aliphatic carbocycles. The van der Waals surface area contributed by atoms with E-state index in [2.05, 4.69) is 40.7 Å². The van der Waals surface area contributed by atoms with Crippen LogP contribution in [0, 0.1) is 46.3 Å². The minimum Gasteiger partial charge on any atom is -0.462 e. The molecule has 0 N–H and O–H groups in total. The molecule has 0 aliphatic heterocycles. The summed E-state index contributed by atoms with van der Waals surface area (Å²) in [6.45, 7) is 14.1. The van der Waals surface area contributed by atoms with Gasteiger partial charge < -0.3 is 4.74 Å². The average Bonchev–Trinajstić information content (AvgIpc) is 3.05. The number of carbonyl (C=O) groups is 1. The number of allylic oxidation sites excluding steroid dienone is 1. The third-order valence-electron chi connectivity index (χ3n) is 10.6. The second kappa shape index (κ2) is 8.86. The van der Waals surface area contributed by atoms with Crippen molar-refractivity contribution in [3.8, 4) is 0 Å². The van der Waals surface area contributed by atoms with Crippen LogP contribution in [0.3, 0.4) is 0 Å². The van der Waals surface area contributed by atoms with Crippen molar-refractivity contribution in [1.82, 2.24) is 0 Å². The maximum Gasteiger partial charge on any atom is 0.302 e. The number of rotatable bonds is 6. The third kappa shape index (κ3) is 4.26. The van der Waals surface area contributed by atoms with Gasteiger partial charge in [-0.2, -0.15) is 0 Å². The monoisotopic (exact) mass is 428 g/mol. The molecule has 4 aliphatic rings. The smallest absolute Gasteiger partial charge is 0.302 e. The van der Waals surface area contributed by atoms with Crippen molar-refractivity contribution in [1.29, 1.82) is 0 Å². The fourth-order valence-electron chi connectivity index (χ4n) is 8.99. The van der Waals surface area contributed by atoms with Gasteiger partial charge in [0.2, 0.25) is 0 Å². The molecular formula is C29H48O2. The molecule has 4 rings (SSSR count). The van der Waals surface area contributed by atoms with Gasteiger partial charge in [-0.1, -0.05) is 65.5 Å². The Kier molecular flexibility index (Phi) is 6.68. The van der Waals surface area contributed by atoms with Gasteiger partial charge in [0.05, 0.1) is 0 Å². The summed E-state index contributed by atoms with van der Waals surface area (Å²) in [7, 11) is 0. The molecule has 31 heavy (non-hydrogen) atoms. The summed E-state index contributed by atoms with van der Waals surface area (Å²) in [5.41, 5.74) is 2.53. The van der Waals surface area contributed by atoms with Crippen LogP contribution in [0.4, 0.5) is 0 Å². The van der Waals surface area contributed by atoms with Crippen LogP contribution in [-0.4, -0.2) is 12.1 Å². The quantitative estimate of drug-likeness (QED) is 0.317. The van der Waals surface area contributed by atoms with Crippen LogP contribution in [0.25, 0.3) is 0 Å². The van der Waals surface area contributed by atoms with Crippen molar-refractivity contribution >= 4 is 5.97 Å². The van der Waals surface area contributed by atoms with Crippen molar-refractivity contribution in [2.75, 3.05) is 0 Å². The van der Waals surface area contributed by atoms with Gasteiger partial charge in [0, 0.05) is 13.3 Å². The SMILES string of the molecule is CC(=O)O[C@@H]1CC[C@@]2(C)C(=CC[C@H]3[C@H]4CC[C@H]([C@H](C)CCCC(C)C)[C@@]4(C)CC[C@@H]32)C1. The Morgan fingerprint density at radius 3 is 2.55 bits per heavy atom. The van der Waals surface area contributed by atoms with Crippen LogP contribution in [-0.2, 0) is 9.53 Å². The van der Waals surface area contributed by atoms with E-state index >= 15 is 0 Å². The Hall–Kier alpha value is -0.790. The summed E-state index contributed by atoms with van der Waals surface area (Å²) in [6, 6.07) is 0. The first-order chi connectivity index (χ1) is 14.6. The van der Waals surface area contributed by atoms with Gasteiger partial charge in [0.1, 0.15) is 6.10 Å². The van der Waals surface area contributed by atoms with E-state index in [0.717, 1.165) is 48.3 Å². The summed E-state index contributed by atoms with van der Waals surface area (Å²) in [4.78, 5) is 11.5. The normalized spacial score (nSPS) is 42.9. The first-order valence-electron chi connectivity index (χ1n) is 13.5. The zero-order valence-corrected chi connectivity index (χ0v) is 21.2. The number of carbonyl (C=O) groups excluding carboxylic acids is 1. The molecule has 2 nitrogen and oxygen atoms in total. The lowest BCUT2D eigenvalue weighted by Gasteiger charge is -2.58. The molecular weight excluding hydrogens is 380 g/mol. The van der Waals surface area contributed by atoms with Crippen LogP contribution in [0.5, 0.6) is 0 Å². The molecule has 0 aromatic carbocycles. The molecule has 0 aromatic rings. The van der Waals surface area contributed by atoms with Crippen LogP contribution in [0.15, 0.2) is 11.6 Å². The van der Waals surface area contributed by atoms with Gasteiger partial charge in [0.15, 0.2) is 0 Å². The molecule has 0 saturated heterocycles. The Morgan fingerprint density at radius 2 is 1.84 bits per heavy atom. The van der Waals surface area contributed by atoms with Gasteiger partial charge in [-0.15, -0.1) is 0 Å². The molecule has 2 heteroatoms. The van der Waals surface area contributed by atoms with Crippen LogP contribution < -0.4 is 0 Å². The molecule has 8 atom stereocenters. The highest BCUT2D eigenvalue weighted by molar-refractivity contribution is 5.66. The molecule has 0 unspecified atom stereocenters. The molecule has 0 amide bonds. The van der Waals surface area contributed by atoms with E-state index in [1.807, 2.05) is 0 Å². The lowest BCUT2D eigenvalue weighted by molar-refractivity contribution is -0.148. The maximum atomic E-state index is 11.5. The van der Waals surface area contributed by atoms with E-state index in [0.29, 0.717) is 10.8 Å².